The van der Waals surface area contributed by atoms with Crippen molar-refractivity contribution in [2.75, 3.05) is 5.32 Å². The molecule has 7 nitrogen and oxygen atoms in total. The SMILES string of the molecule is Cc1ccc(-c2ccc(C3NC(=O)c4c(sc5c4CCC(C)C5)N3)o2)c([N+](=O)[O-])c1. The lowest BCUT2D eigenvalue weighted by Crippen LogP contribution is -2.38. The zero-order valence-corrected chi connectivity index (χ0v) is 17.5. The van der Waals surface area contributed by atoms with Gasteiger partial charge in [-0.15, -0.1) is 11.3 Å². The van der Waals surface area contributed by atoms with E-state index in [-0.39, 0.29) is 11.6 Å². The Bertz CT molecular complexity index is 1180. The van der Waals surface area contributed by atoms with E-state index in [0.29, 0.717) is 23.0 Å². The molecule has 0 saturated carbocycles. The van der Waals surface area contributed by atoms with Crippen LogP contribution in [0.15, 0.2) is 34.7 Å². The number of benzene rings is 1. The van der Waals surface area contributed by atoms with Gasteiger partial charge >= 0.3 is 0 Å². The smallest absolute Gasteiger partial charge is 0.280 e. The number of nitrogens with one attached hydrogen (secondary N) is 2. The Morgan fingerprint density at radius 3 is 2.87 bits per heavy atom. The van der Waals surface area contributed by atoms with E-state index in [1.807, 2.05) is 13.0 Å². The summed E-state index contributed by atoms with van der Waals surface area (Å²) in [5.41, 5.74) is 3.16. The van der Waals surface area contributed by atoms with Gasteiger partial charge in [0.25, 0.3) is 11.6 Å². The van der Waals surface area contributed by atoms with Gasteiger partial charge in [-0.25, -0.2) is 0 Å². The van der Waals surface area contributed by atoms with E-state index in [1.165, 1.54) is 16.5 Å². The Hall–Kier alpha value is -3.13. The monoisotopic (exact) mass is 423 g/mol. The quantitative estimate of drug-likeness (QED) is 0.445. The third kappa shape index (κ3) is 3.08. The largest absolute Gasteiger partial charge is 0.457 e. The number of carbonyl (C=O) groups is 1. The van der Waals surface area contributed by atoms with Crippen LogP contribution in [-0.2, 0) is 12.8 Å². The Labute approximate surface area is 177 Å². The molecule has 1 aliphatic carbocycles. The Morgan fingerprint density at radius 2 is 2.07 bits per heavy atom. The van der Waals surface area contributed by atoms with E-state index >= 15 is 0 Å². The van der Waals surface area contributed by atoms with Crippen molar-refractivity contribution in [3.63, 3.8) is 0 Å². The van der Waals surface area contributed by atoms with Crippen molar-refractivity contribution in [1.82, 2.24) is 5.32 Å². The first kappa shape index (κ1) is 18.9. The molecular formula is C22H21N3O4S. The highest BCUT2D eigenvalue weighted by Crippen LogP contribution is 2.43. The predicted octanol–water partition coefficient (Wildman–Crippen LogP) is 5.20. The van der Waals surface area contributed by atoms with Gasteiger partial charge in [0, 0.05) is 10.9 Å². The van der Waals surface area contributed by atoms with Gasteiger partial charge in [0.15, 0.2) is 6.17 Å². The summed E-state index contributed by atoms with van der Waals surface area (Å²) >= 11 is 1.65. The molecule has 2 N–H and O–H groups in total. The van der Waals surface area contributed by atoms with Crippen molar-refractivity contribution in [1.29, 1.82) is 0 Å². The topological polar surface area (TPSA) is 97.4 Å². The molecule has 2 aliphatic rings. The lowest BCUT2D eigenvalue weighted by molar-refractivity contribution is -0.384. The number of fused-ring (bicyclic) bond motifs is 3. The minimum absolute atomic E-state index is 0.00104. The van der Waals surface area contributed by atoms with E-state index < -0.39 is 11.1 Å². The molecule has 154 valence electrons. The van der Waals surface area contributed by atoms with Gasteiger partial charge < -0.3 is 15.1 Å². The fourth-order valence-electron chi connectivity index (χ4n) is 4.26. The van der Waals surface area contributed by atoms with Crippen LogP contribution in [0.1, 0.15) is 51.6 Å². The molecule has 30 heavy (non-hydrogen) atoms. The number of carbonyl (C=O) groups excluding carboxylic acids is 1. The Kier molecular flexibility index (Phi) is 4.39. The summed E-state index contributed by atoms with van der Waals surface area (Å²) in [4.78, 5) is 25.2. The van der Waals surface area contributed by atoms with E-state index in [2.05, 4.69) is 17.6 Å². The van der Waals surface area contributed by atoms with E-state index in [1.54, 1.807) is 29.5 Å². The molecule has 0 radical (unpaired) electrons. The number of furan rings is 1. The minimum atomic E-state index is -0.513. The van der Waals surface area contributed by atoms with Crippen LogP contribution in [0.2, 0.25) is 0 Å². The fraction of sp³-hybridized carbons (Fsp3) is 0.318. The van der Waals surface area contributed by atoms with Crippen molar-refractivity contribution in [2.24, 2.45) is 5.92 Å². The molecule has 8 heteroatoms. The van der Waals surface area contributed by atoms with Crippen LogP contribution in [-0.4, -0.2) is 10.8 Å². The average molecular weight is 423 g/mol. The number of amides is 1. The van der Waals surface area contributed by atoms with E-state index in [0.717, 1.165) is 35.4 Å². The van der Waals surface area contributed by atoms with Gasteiger partial charge in [0.1, 0.15) is 16.5 Å². The zero-order chi connectivity index (χ0) is 21.0. The van der Waals surface area contributed by atoms with Crippen molar-refractivity contribution in [2.45, 2.75) is 39.3 Å². The number of hydrogen-bond donors (Lipinski definition) is 2. The van der Waals surface area contributed by atoms with Gasteiger partial charge in [-0.2, -0.15) is 0 Å². The van der Waals surface area contributed by atoms with Crippen molar-refractivity contribution in [3.05, 3.63) is 67.8 Å². The molecule has 0 bridgehead atoms. The second-order valence-corrected chi connectivity index (χ2v) is 9.19. The number of nitro benzene ring substituents is 1. The second kappa shape index (κ2) is 6.98. The van der Waals surface area contributed by atoms with Crippen LogP contribution in [0.3, 0.4) is 0 Å². The highest BCUT2D eigenvalue weighted by Gasteiger charge is 2.34. The van der Waals surface area contributed by atoms with Crippen LogP contribution >= 0.6 is 11.3 Å². The van der Waals surface area contributed by atoms with Crippen LogP contribution in [0.5, 0.6) is 0 Å². The van der Waals surface area contributed by atoms with Gasteiger partial charge in [-0.3, -0.25) is 14.9 Å². The minimum Gasteiger partial charge on any atom is -0.457 e. The summed E-state index contributed by atoms with van der Waals surface area (Å²) in [6, 6.07) is 8.49. The first-order valence-corrected chi connectivity index (χ1v) is 10.8. The van der Waals surface area contributed by atoms with Gasteiger partial charge in [0.2, 0.25) is 0 Å². The van der Waals surface area contributed by atoms with Crippen molar-refractivity contribution >= 4 is 27.9 Å². The molecule has 1 amide bonds. The molecule has 0 fully saturated rings. The summed E-state index contributed by atoms with van der Waals surface area (Å²) in [7, 11) is 0. The highest BCUT2D eigenvalue weighted by molar-refractivity contribution is 7.16. The fourth-order valence-corrected chi connectivity index (χ4v) is 5.70. The maximum Gasteiger partial charge on any atom is 0.280 e. The molecule has 1 aliphatic heterocycles. The Balaban J connectivity index is 1.46. The molecule has 5 rings (SSSR count). The van der Waals surface area contributed by atoms with Crippen molar-refractivity contribution < 1.29 is 14.1 Å². The second-order valence-electron chi connectivity index (χ2n) is 8.09. The molecule has 3 aromatic rings. The number of rotatable bonds is 3. The number of anilines is 1. The van der Waals surface area contributed by atoms with Crippen LogP contribution in [0.25, 0.3) is 11.3 Å². The lowest BCUT2D eigenvalue weighted by Gasteiger charge is -2.25. The van der Waals surface area contributed by atoms with Crippen molar-refractivity contribution in [3.8, 4) is 11.3 Å². The lowest BCUT2D eigenvalue weighted by atomic mass is 9.88. The van der Waals surface area contributed by atoms with Crippen LogP contribution < -0.4 is 10.6 Å². The summed E-state index contributed by atoms with van der Waals surface area (Å²) in [6.07, 6.45) is 2.53. The summed E-state index contributed by atoms with van der Waals surface area (Å²) in [5, 5.41) is 18.7. The third-order valence-corrected chi connectivity index (χ3v) is 7.00. The standard InChI is InChI=1S/C22H21N3O4S/c1-11-3-5-13(15(9-11)25(27)28)16-7-8-17(29-16)20-23-21(26)19-14-6-4-12(2)10-18(14)30-22(19)24-20/h3,5,7-9,12,20,24H,4,6,10H2,1-2H3,(H,23,26). The average Bonchev–Trinajstić information content (AvgIpc) is 3.32. The van der Waals surface area contributed by atoms with Gasteiger partial charge in [-0.1, -0.05) is 13.0 Å². The number of nitrogens with zero attached hydrogens (tertiary/aromatic N) is 1. The zero-order valence-electron chi connectivity index (χ0n) is 16.7. The Morgan fingerprint density at radius 1 is 1.23 bits per heavy atom. The molecular weight excluding hydrogens is 402 g/mol. The maximum absolute atomic E-state index is 12.9. The van der Waals surface area contributed by atoms with Crippen LogP contribution in [0, 0.1) is 23.0 Å². The number of nitro groups is 1. The molecule has 3 heterocycles. The predicted molar refractivity (Wildman–Crippen MR) is 115 cm³/mol. The number of hydrogen-bond acceptors (Lipinski definition) is 6. The molecule has 0 spiro atoms. The first-order valence-electron chi connectivity index (χ1n) is 9.98. The third-order valence-electron chi connectivity index (χ3n) is 5.82. The maximum atomic E-state index is 12.9. The summed E-state index contributed by atoms with van der Waals surface area (Å²) in [5.74, 6) is 1.45. The van der Waals surface area contributed by atoms with Crippen LogP contribution in [0.4, 0.5) is 10.7 Å². The van der Waals surface area contributed by atoms with Gasteiger partial charge in [0.05, 0.1) is 16.1 Å². The number of thiophene rings is 1. The van der Waals surface area contributed by atoms with Gasteiger partial charge in [-0.05, 0) is 61.4 Å². The molecule has 2 unspecified atom stereocenters. The summed E-state index contributed by atoms with van der Waals surface area (Å²) in [6.45, 7) is 4.05. The van der Waals surface area contributed by atoms with E-state index in [9.17, 15) is 14.9 Å². The van der Waals surface area contributed by atoms with E-state index in [4.69, 9.17) is 4.42 Å². The normalized spacial score (nSPS) is 20.1. The summed E-state index contributed by atoms with van der Waals surface area (Å²) < 4.78 is 5.95. The first-order chi connectivity index (χ1) is 14.4. The number of aryl methyl sites for hydroxylation is 1. The molecule has 1 aromatic carbocycles. The molecule has 2 aromatic heterocycles. The molecule has 0 saturated heterocycles. The molecule has 2 atom stereocenters. The highest BCUT2D eigenvalue weighted by atomic mass is 32.1.